The summed E-state index contributed by atoms with van der Waals surface area (Å²) >= 11 is 6.25. The lowest BCUT2D eigenvalue weighted by Crippen LogP contribution is -2.55. The summed E-state index contributed by atoms with van der Waals surface area (Å²) in [5, 5.41) is 11.6. The Balaban J connectivity index is 1.34. The molecule has 0 saturated carbocycles. The third-order valence-corrected chi connectivity index (χ3v) is 6.60. The van der Waals surface area contributed by atoms with Crippen molar-refractivity contribution >= 4 is 28.9 Å². The summed E-state index contributed by atoms with van der Waals surface area (Å²) < 4.78 is 42.1. The zero-order chi connectivity index (χ0) is 27.8. The van der Waals surface area contributed by atoms with Gasteiger partial charge in [0.25, 0.3) is 5.91 Å². The van der Waals surface area contributed by atoms with Crippen molar-refractivity contribution in [3.05, 3.63) is 101 Å². The molecule has 1 atom stereocenters. The lowest BCUT2D eigenvalue weighted by Gasteiger charge is -2.30. The fourth-order valence-corrected chi connectivity index (χ4v) is 4.25. The molecule has 1 amide bonds. The van der Waals surface area contributed by atoms with E-state index in [1.54, 1.807) is 37.3 Å². The highest BCUT2D eigenvalue weighted by Crippen LogP contribution is 2.33. The molecule has 39 heavy (non-hydrogen) atoms. The summed E-state index contributed by atoms with van der Waals surface area (Å²) in [5.41, 5.74) is 3.25. The molecule has 2 aliphatic rings. The predicted octanol–water partition coefficient (Wildman–Crippen LogP) is 4.84. The van der Waals surface area contributed by atoms with Gasteiger partial charge in [0.2, 0.25) is 0 Å². The van der Waals surface area contributed by atoms with Gasteiger partial charge in [0, 0.05) is 37.1 Å². The van der Waals surface area contributed by atoms with Crippen LogP contribution in [0.2, 0.25) is 0 Å². The van der Waals surface area contributed by atoms with E-state index in [1.165, 1.54) is 24.5 Å². The van der Waals surface area contributed by atoms with Gasteiger partial charge >= 0.3 is 6.18 Å². The monoisotopic (exact) mass is 553 g/mol. The summed E-state index contributed by atoms with van der Waals surface area (Å²) in [6.07, 6.45) is 5.01. The molecule has 0 radical (unpaired) electrons. The molecule has 200 valence electrons. The smallest absolute Gasteiger partial charge is 0.362 e. The van der Waals surface area contributed by atoms with E-state index in [0.717, 1.165) is 17.2 Å². The number of hydrogen-bond donors (Lipinski definition) is 2. The number of pyridine rings is 1. The number of nitrogens with one attached hydrogen (secondary N) is 2. The van der Waals surface area contributed by atoms with Crippen LogP contribution in [0.1, 0.15) is 28.5 Å². The lowest BCUT2D eigenvalue weighted by atomic mass is 10.0. The molecule has 1 unspecified atom stereocenters. The number of hydrazone groups is 1. The molecule has 1 aromatic carbocycles. The van der Waals surface area contributed by atoms with Crippen LogP contribution in [0.15, 0.2) is 89.4 Å². The van der Waals surface area contributed by atoms with Crippen molar-refractivity contribution in [1.82, 2.24) is 30.4 Å². The highest BCUT2D eigenvalue weighted by atomic mass is 35.5. The van der Waals surface area contributed by atoms with Gasteiger partial charge in [-0.2, -0.15) is 23.4 Å². The molecule has 0 fully saturated rings. The Morgan fingerprint density at radius 1 is 1.18 bits per heavy atom. The van der Waals surface area contributed by atoms with Crippen LogP contribution in [0.5, 0.6) is 0 Å². The largest absolute Gasteiger partial charge is 0.433 e. The average molecular weight is 554 g/mol. The fourth-order valence-electron chi connectivity index (χ4n) is 4.06. The Hall–Kier alpha value is -4.38. The van der Waals surface area contributed by atoms with E-state index in [1.807, 2.05) is 30.2 Å². The fraction of sp³-hybridized carbons (Fsp3) is 0.185. The first-order valence-electron chi connectivity index (χ1n) is 11.9. The normalized spacial score (nSPS) is 19.1. The maximum absolute atomic E-state index is 13.8. The highest BCUT2D eigenvalue weighted by molar-refractivity contribution is 6.30. The van der Waals surface area contributed by atoms with Gasteiger partial charge in [-0.15, -0.1) is 0 Å². The molecule has 2 aromatic heterocycles. The summed E-state index contributed by atoms with van der Waals surface area (Å²) in [5.74, 6) is -0.489. The minimum Gasteiger partial charge on any atom is -0.362 e. The first kappa shape index (κ1) is 26.2. The SMILES string of the molecule is CN1CC=C(c2cccc(C(=O)NC3(C)C=CC(n4nc(-c5cccnc5)cc4C(F)(F)F)=NN3)c2)C=C1Cl. The van der Waals surface area contributed by atoms with E-state index in [4.69, 9.17) is 11.6 Å². The van der Waals surface area contributed by atoms with Gasteiger partial charge in [0.05, 0.1) is 5.69 Å². The van der Waals surface area contributed by atoms with Gasteiger partial charge in [-0.25, -0.2) is 4.68 Å². The Labute approximate surface area is 227 Å². The molecule has 5 rings (SSSR count). The topological polar surface area (TPSA) is 87.4 Å². The molecule has 4 heterocycles. The maximum Gasteiger partial charge on any atom is 0.433 e. The van der Waals surface area contributed by atoms with Crippen LogP contribution >= 0.6 is 11.6 Å². The van der Waals surface area contributed by atoms with Crippen LogP contribution < -0.4 is 10.7 Å². The Kier molecular flexibility index (Phi) is 6.77. The van der Waals surface area contributed by atoms with Crippen LogP contribution in [0.25, 0.3) is 16.8 Å². The zero-order valence-electron chi connectivity index (χ0n) is 20.9. The van der Waals surface area contributed by atoms with E-state index in [9.17, 15) is 18.0 Å². The summed E-state index contributed by atoms with van der Waals surface area (Å²) in [7, 11) is 1.88. The third-order valence-electron chi connectivity index (χ3n) is 6.20. The quantitative estimate of drug-likeness (QED) is 0.452. The summed E-state index contributed by atoms with van der Waals surface area (Å²) in [6.45, 7) is 2.28. The molecule has 12 heteroatoms. The standard InChI is InChI=1S/C27H23ClF3N7O/c1-26(33-25(39)19-6-3-5-17(13-19)18-9-12-37(2)23(28)14-18)10-8-24(34-36-26)38-22(27(29,30)31)15-21(35-38)20-7-4-11-32-16-20/h3-11,13-16,36H,12H2,1-2H3,(H,33,39). The molecule has 0 saturated heterocycles. The highest BCUT2D eigenvalue weighted by Gasteiger charge is 2.38. The predicted molar refractivity (Wildman–Crippen MR) is 142 cm³/mol. The number of allylic oxidation sites excluding steroid dienone is 3. The van der Waals surface area contributed by atoms with Crippen LogP contribution in [-0.4, -0.2) is 50.7 Å². The molecule has 2 N–H and O–H groups in total. The van der Waals surface area contributed by atoms with Gasteiger partial charge < -0.3 is 10.2 Å². The number of nitrogens with zero attached hydrogens (tertiary/aromatic N) is 5. The minimum absolute atomic E-state index is 0.0935. The molecule has 3 aromatic rings. The van der Waals surface area contributed by atoms with Crippen molar-refractivity contribution in [2.45, 2.75) is 18.8 Å². The number of hydrogen-bond acceptors (Lipinski definition) is 6. The van der Waals surface area contributed by atoms with E-state index in [0.29, 0.717) is 27.5 Å². The second-order valence-corrected chi connectivity index (χ2v) is 9.61. The molecular formula is C27H23ClF3N7O. The van der Waals surface area contributed by atoms with Crippen molar-refractivity contribution in [3.8, 4) is 11.3 Å². The van der Waals surface area contributed by atoms with Gasteiger partial charge in [-0.3, -0.25) is 15.2 Å². The number of likely N-dealkylation sites (N-methyl/N-ethyl adjacent to an activating group) is 1. The Morgan fingerprint density at radius 3 is 2.64 bits per heavy atom. The van der Waals surface area contributed by atoms with Crippen molar-refractivity contribution in [3.63, 3.8) is 0 Å². The second-order valence-electron chi connectivity index (χ2n) is 9.23. The molecule has 2 aliphatic heterocycles. The van der Waals surface area contributed by atoms with Gasteiger partial charge in [-0.1, -0.05) is 29.8 Å². The second kappa shape index (κ2) is 10.1. The van der Waals surface area contributed by atoms with E-state index >= 15 is 0 Å². The third kappa shape index (κ3) is 5.58. The van der Waals surface area contributed by atoms with E-state index in [-0.39, 0.29) is 11.5 Å². The Bertz CT molecular complexity index is 1540. The van der Waals surface area contributed by atoms with Gasteiger partial charge in [0.1, 0.15) is 10.8 Å². The molecule has 0 bridgehead atoms. The summed E-state index contributed by atoms with van der Waals surface area (Å²) in [6, 6.07) is 11.2. The van der Waals surface area contributed by atoms with Crippen LogP contribution in [0.3, 0.4) is 0 Å². The number of rotatable bonds is 4. The van der Waals surface area contributed by atoms with Crippen LogP contribution in [-0.2, 0) is 6.18 Å². The van der Waals surface area contributed by atoms with Crippen molar-refractivity contribution in [2.75, 3.05) is 13.6 Å². The van der Waals surface area contributed by atoms with Crippen molar-refractivity contribution in [2.24, 2.45) is 5.10 Å². The van der Waals surface area contributed by atoms with E-state index < -0.39 is 23.4 Å². The number of amides is 1. The molecule has 8 nitrogen and oxygen atoms in total. The number of alkyl halides is 3. The number of benzene rings is 1. The van der Waals surface area contributed by atoms with Gasteiger partial charge in [-0.05, 0) is 66.6 Å². The van der Waals surface area contributed by atoms with Crippen LogP contribution in [0, 0.1) is 0 Å². The van der Waals surface area contributed by atoms with Gasteiger partial charge in [0.15, 0.2) is 11.5 Å². The number of aromatic nitrogens is 3. The first-order valence-corrected chi connectivity index (χ1v) is 12.2. The van der Waals surface area contributed by atoms with Crippen molar-refractivity contribution < 1.29 is 18.0 Å². The number of carbonyl (C=O) groups is 1. The molecular weight excluding hydrogens is 531 g/mol. The lowest BCUT2D eigenvalue weighted by molar-refractivity contribution is -0.142. The summed E-state index contributed by atoms with van der Waals surface area (Å²) in [4.78, 5) is 18.9. The maximum atomic E-state index is 13.8. The average Bonchev–Trinajstić information content (AvgIpc) is 3.37. The number of halogens is 4. The Morgan fingerprint density at radius 2 is 1.97 bits per heavy atom. The molecule has 0 spiro atoms. The molecule has 0 aliphatic carbocycles. The first-order chi connectivity index (χ1) is 18.5. The van der Waals surface area contributed by atoms with Crippen molar-refractivity contribution in [1.29, 1.82) is 0 Å². The minimum atomic E-state index is -4.67. The number of carbonyl (C=O) groups excluding carboxylic acids is 1. The van der Waals surface area contributed by atoms with Crippen LogP contribution in [0.4, 0.5) is 13.2 Å². The zero-order valence-corrected chi connectivity index (χ0v) is 21.6. The van der Waals surface area contributed by atoms with E-state index in [2.05, 4.69) is 25.9 Å².